The maximum Gasteiger partial charge on any atom is 0.458 e. The molecule has 0 saturated heterocycles. The third kappa shape index (κ3) is 7.80. The predicted molar refractivity (Wildman–Crippen MR) is 129 cm³/mol. The number of anilines is 1. The number of aliphatic hydroxyl groups excluding tert-OH is 1. The van der Waals surface area contributed by atoms with Gasteiger partial charge in [-0.25, -0.2) is 0 Å². The maximum absolute atomic E-state index is 13.8. The zero-order chi connectivity index (χ0) is 30.4. The van der Waals surface area contributed by atoms with Crippen LogP contribution >= 0.6 is 0 Å². The monoisotopic (exact) mass is 585 g/mol. The van der Waals surface area contributed by atoms with Crippen LogP contribution in [0, 0.1) is 0 Å². The third-order valence-corrected chi connectivity index (χ3v) is 5.37. The largest absolute Gasteiger partial charge is 0.458 e. The molecule has 0 amide bonds. The Hall–Kier alpha value is -3.48. The number of benzene rings is 3. The van der Waals surface area contributed by atoms with E-state index in [-0.39, 0.29) is 17.0 Å². The lowest BCUT2D eigenvalue weighted by Gasteiger charge is -2.32. The molecule has 0 saturated carbocycles. The molecule has 0 aliphatic heterocycles. The van der Waals surface area contributed by atoms with Crippen molar-refractivity contribution in [2.45, 2.75) is 50.7 Å². The van der Waals surface area contributed by atoms with Crippen molar-refractivity contribution in [1.29, 1.82) is 0 Å². The van der Waals surface area contributed by atoms with Gasteiger partial charge in [0.15, 0.2) is 0 Å². The van der Waals surface area contributed by atoms with Crippen molar-refractivity contribution in [3.8, 4) is 11.5 Å². The topological polar surface area (TPSA) is 32.7 Å². The number of aliphatic hydroxyl groups is 1. The van der Waals surface area contributed by atoms with Gasteiger partial charge in [-0.1, -0.05) is 56.3 Å². The van der Waals surface area contributed by atoms with Crippen molar-refractivity contribution in [2.24, 2.45) is 0 Å². The van der Waals surface area contributed by atoms with Gasteiger partial charge in [-0.3, -0.25) is 0 Å². The van der Waals surface area contributed by atoms with Gasteiger partial charge < -0.3 is 14.7 Å². The second-order valence-corrected chi connectivity index (χ2v) is 8.20. The van der Waals surface area contributed by atoms with Crippen LogP contribution in [0.15, 0.2) is 78.9 Å². The summed E-state index contributed by atoms with van der Waals surface area (Å²) in [5.74, 6) is -10.3. The van der Waals surface area contributed by atoms with Gasteiger partial charge in [-0.05, 0) is 35.9 Å². The lowest BCUT2D eigenvalue weighted by Crippen LogP contribution is -2.52. The van der Waals surface area contributed by atoms with Crippen molar-refractivity contribution >= 4 is 5.69 Å². The highest BCUT2D eigenvalue weighted by molar-refractivity contribution is 5.52. The van der Waals surface area contributed by atoms with Crippen molar-refractivity contribution in [3.05, 3.63) is 90.0 Å². The molecule has 0 fully saturated rings. The molecule has 0 aliphatic rings. The summed E-state index contributed by atoms with van der Waals surface area (Å²) in [4.78, 5) is 0.785. The van der Waals surface area contributed by atoms with Crippen molar-refractivity contribution in [2.75, 3.05) is 11.4 Å². The fourth-order valence-electron chi connectivity index (χ4n) is 3.39. The number of nitrogens with zero attached hydrogens (tertiary/aromatic N) is 1. The highest BCUT2D eigenvalue weighted by Gasteiger charge is 2.62. The van der Waals surface area contributed by atoms with E-state index in [0.29, 0.717) is 17.9 Å². The van der Waals surface area contributed by atoms with Gasteiger partial charge in [-0.2, -0.15) is 43.9 Å². The van der Waals surface area contributed by atoms with E-state index < -0.39 is 49.0 Å². The molecule has 0 aromatic heterocycles. The summed E-state index contributed by atoms with van der Waals surface area (Å²) < 4.78 is 138. The van der Waals surface area contributed by atoms with Crippen LogP contribution in [0.4, 0.5) is 49.6 Å². The fourth-order valence-corrected chi connectivity index (χ4v) is 3.39. The molecule has 0 spiro atoms. The van der Waals surface area contributed by atoms with Gasteiger partial charge in [0, 0.05) is 23.9 Å². The molecular weight excluding hydrogens is 560 g/mol. The zero-order valence-corrected chi connectivity index (χ0v) is 21.1. The number of rotatable bonds is 9. The zero-order valence-electron chi connectivity index (χ0n) is 21.1. The Balaban J connectivity index is 0.00000274. The van der Waals surface area contributed by atoms with E-state index in [1.54, 1.807) is 30.3 Å². The first-order valence-corrected chi connectivity index (χ1v) is 11.8. The molecule has 0 radical (unpaired) electrons. The Morgan fingerprint density at radius 3 is 1.85 bits per heavy atom. The van der Waals surface area contributed by atoms with E-state index in [1.807, 2.05) is 13.8 Å². The van der Waals surface area contributed by atoms with E-state index in [9.17, 15) is 49.0 Å². The molecule has 3 nitrogen and oxygen atoms in total. The lowest BCUT2D eigenvalue weighted by molar-refractivity contribution is -0.311. The number of halogens is 10. The smallest absolute Gasteiger partial charge is 0.457 e. The Kier molecular flexibility index (Phi) is 10.5. The third-order valence-electron chi connectivity index (χ3n) is 5.37. The number of hydrogen-bond acceptors (Lipinski definition) is 3. The summed E-state index contributed by atoms with van der Waals surface area (Å²) in [5.41, 5.74) is -1.81. The van der Waals surface area contributed by atoms with Crippen LogP contribution in [-0.4, -0.2) is 36.0 Å². The quantitative estimate of drug-likeness (QED) is 0.255. The lowest BCUT2D eigenvalue weighted by atomic mass is 10.0. The second-order valence-electron chi connectivity index (χ2n) is 8.20. The molecule has 13 heteroatoms. The number of hydrogen-bond donors (Lipinski definition) is 1. The maximum atomic E-state index is 13.8. The van der Waals surface area contributed by atoms with Crippen LogP contribution in [0.25, 0.3) is 0 Å². The standard InChI is InChI=1S/C25H19F10NO2.C2H6/c26-22(27,24(30,31)32)17-7-4-6-16(12-17)14-36(15-21(37)23(28,29)25(33,34)35)18-8-5-11-20(13-18)38-19-9-2-1-3-10-19;1-2/h1-13,21,37H,14-15H2;1-2H3/t21-;/m1./s1. The molecule has 0 unspecified atom stereocenters. The molecule has 0 heterocycles. The molecule has 220 valence electrons. The molecule has 3 rings (SSSR count). The van der Waals surface area contributed by atoms with E-state index in [0.717, 1.165) is 17.0 Å². The summed E-state index contributed by atoms with van der Waals surface area (Å²) in [7, 11) is 0. The van der Waals surface area contributed by atoms with Gasteiger partial charge >= 0.3 is 24.2 Å². The SMILES string of the molecule is CC.O[C@H](CN(Cc1cccc(C(F)(F)C(F)(F)F)c1)c1cccc(Oc2ccccc2)c1)C(F)(F)C(F)(F)F. The Morgan fingerprint density at radius 1 is 0.700 bits per heavy atom. The van der Waals surface area contributed by atoms with Crippen LogP contribution in [-0.2, 0) is 12.5 Å². The minimum Gasteiger partial charge on any atom is -0.457 e. The summed E-state index contributed by atoms with van der Waals surface area (Å²) in [6.45, 7) is 1.93. The number of alkyl halides is 10. The van der Waals surface area contributed by atoms with Crippen LogP contribution in [0.2, 0.25) is 0 Å². The van der Waals surface area contributed by atoms with E-state index in [4.69, 9.17) is 4.74 Å². The molecule has 1 N–H and O–H groups in total. The first-order valence-electron chi connectivity index (χ1n) is 11.8. The predicted octanol–water partition coefficient (Wildman–Crippen LogP) is 8.72. The molecule has 3 aromatic carbocycles. The van der Waals surface area contributed by atoms with E-state index >= 15 is 0 Å². The van der Waals surface area contributed by atoms with Gasteiger partial charge in [0.05, 0.1) is 6.54 Å². The molecule has 0 bridgehead atoms. The van der Waals surface area contributed by atoms with Crippen molar-refractivity contribution in [3.63, 3.8) is 0 Å². The molecule has 40 heavy (non-hydrogen) atoms. The molecule has 1 atom stereocenters. The van der Waals surface area contributed by atoms with Gasteiger partial charge in [0.1, 0.15) is 17.6 Å². The van der Waals surface area contributed by atoms with E-state index in [1.165, 1.54) is 24.3 Å². The first kappa shape index (κ1) is 32.7. The van der Waals surface area contributed by atoms with Crippen LogP contribution < -0.4 is 9.64 Å². The summed E-state index contributed by atoms with van der Waals surface area (Å²) in [6, 6.07) is 16.3. The molecule has 3 aromatic rings. The average molecular weight is 585 g/mol. The minimum absolute atomic E-state index is 0.0801. The number of ether oxygens (including phenoxy) is 1. The first-order chi connectivity index (χ1) is 18.5. The van der Waals surface area contributed by atoms with Crippen molar-refractivity contribution in [1.82, 2.24) is 0 Å². The highest BCUT2D eigenvalue weighted by Crippen LogP contribution is 2.44. The van der Waals surface area contributed by atoms with Gasteiger partial charge in [0.2, 0.25) is 0 Å². The molecule has 0 aliphatic carbocycles. The molecular formula is C27H25F10NO2. The Bertz CT molecular complexity index is 1210. The summed E-state index contributed by atoms with van der Waals surface area (Å²) >= 11 is 0. The van der Waals surface area contributed by atoms with Crippen LogP contribution in [0.1, 0.15) is 25.0 Å². The number of para-hydroxylation sites is 1. The van der Waals surface area contributed by atoms with Crippen LogP contribution in [0.3, 0.4) is 0 Å². The minimum atomic E-state index is -6.11. The average Bonchev–Trinajstić information content (AvgIpc) is 2.89. The van der Waals surface area contributed by atoms with E-state index in [2.05, 4.69) is 0 Å². The van der Waals surface area contributed by atoms with Crippen molar-refractivity contribution < 1.29 is 53.7 Å². The normalized spacial score (nSPS) is 13.2. The second kappa shape index (κ2) is 12.8. The fraction of sp³-hybridized carbons (Fsp3) is 0.333. The highest BCUT2D eigenvalue weighted by atomic mass is 19.4. The van der Waals surface area contributed by atoms with Gasteiger partial charge in [0.25, 0.3) is 0 Å². The summed E-state index contributed by atoms with van der Waals surface area (Å²) in [6.07, 6.45) is -15.3. The summed E-state index contributed by atoms with van der Waals surface area (Å²) in [5, 5.41) is 9.81. The Morgan fingerprint density at radius 2 is 1.27 bits per heavy atom. The Labute approximate surface area is 223 Å². The van der Waals surface area contributed by atoms with Gasteiger partial charge in [-0.15, -0.1) is 0 Å². The van der Waals surface area contributed by atoms with Crippen LogP contribution in [0.5, 0.6) is 11.5 Å².